The minimum atomic E-state index is -2.88. The zero-order valence-electron chi connectivity index (χ0n) is 13.5. The van der Waals surface area contributed by atoms with Crippen molar-refractivity contribution in [2.75, 3.05) is 37.7 Å². The summed E-state index contributed by atoms with van der Waals surface area (Å²) in [5.74, 6) is 0.528. The van der Waals surface area contributed by atoms with Crippen LogP contribution in [0.25, 0.3) is 0 Å². The quantitative estimate of drug-likeness (QED) is 0.767. The first kappa shape index (κ1) is 16.7. The average Bonchev–Trinajstić information content (AvgIpc) is 2.40. The molecule has 1 atom stereocenters. The molecule has 0 aromatic carbocycles. The highest BCUT2D eigenvalue weighted by atomic mass is 32.2. The van der Waals surface area contributed by atoms with Crippen LogP contribution in [0.2, 0.25) is 0 Å². The van der Waals surface area contributed by atoms with Crippen molar-refractivity contribution in [3.8, 4) is 0 Å². The molecule has 0 aromatic rings. The highest BCUT2D eigenvalue weighted by molar-refractivity contribution is 7.91. The van der Waals surface area contributed by atoms with Gasteiger partial charge in [-0.15, -0.1) is 0 Å². The van der Waals surface area contributed by atoms with E-state index in [0.717, 1.165) is 19.4 Å². The van der Waals surface area contributed by atoms with Gasteiger partial charge in [0.15, 0.2) is 9.84 Å². The molecule has 21 heavy (non-hydrogen) atoms. The van der Waals surface area contributed by atoms with Crippen molar-refractivity contribution in [2.45, 2.75) is 46.1 Å². The Hall–Kier alpha value is -0.620. The van der Waals surface area contributed by atoms with Gasteiger partial charge in [0.25, 0.3) is 0 Å². The van der Waals surface area contributed by atoms with E-state index in [1.807, 2.05) is 9.80 Å². The van der Waals surface area contributed by atoms with Gasteiger partial charge in [-0.3, -0.25) is 9.69 Å². The average molecular weight is 316 g/mol. The number of carbonyl (C=O) groups excluding carboxylic acids is 1. The van der Waals surface area contributed by atoms with E-state index in [1.54, 1.807) is 0 Å². The second kappa shape index (κ2) is 6.24. The fourth-order valence-corrected chi connectivity index (χ4v) is 4.60. The normalized spacial score (nSPS) is 27.6. The van der Waals surface area contributed by atoms with Crippen molar-refractivity contribution in [1.82, 2.24) is 9.80 Å². The fraction of sp³-hybridized carbons (Fsp3) is 0.933. The number of hydrogen-bond acceptors (Lipinski definition) is 4. The van der Waals surface area contributed by atoms with Gasteiger partial charge in [-0.05, 0) is 24.7 Å². The van der Waals surface area contributed by atoms with Crippen molar-refractivity contribution in [1.29, 1.82) is 0 Å². The van der Waals surface area contributed by atoms with Gasteiger partial charge in [0, 0.05) is 25.7 Å². The lowest BCUT2D eigenvalue weighted by Crippen LogP contribution is -2.54. The number of sulfone groups is 1. The molecule has 0 aromatic heterocycles. The van der Waals surface area contributed by atoms with Crippen LogP contribution < -0.4 is 0 Å². The molecular formula is C15H28N2O3S. The molecule has 5 nitrogen and oxygen atoms in total. The van der Waals surface area contributed by atoms with Crippen LogP contribution in [0.4, 0.5) is 0 Å². The van der Waals surface area contributed by atoms with Crippen LogP contribution in [0, 0.1) is 5.41 Å². The van der Waals surface area contributed by atoms with Crippen LogP contribution in [0.3, 0.4) is 0 Å². The number of likely N-dealkylation sites (tertiary alicyclic amines) is 1. The molecule has 2 aliphatic heterocycles. The van der Waals surface area contributed by atoms with Crippen molar-refractivity contribution in [3.63, 3.8) is 0 Å². The molecule has 0 saturated carbocycles. The molecule has 122 valence electrons. The van der Waals surface area contributed by atoms with Gasteiger partial charge in [-0.1, -0.05) is 20.8 Å². The predicted octanol–water partition coefficient (Wildman–Crippen LogP) is 1.14. The molecule has 0 radical (unpaired) electrons. The molecule has 0 bridgehead atoms. The molecule has 2 saturated heterocycles. The Morgan fingerprint density at radius 3 is 2.29 bits per heavy atom. The maximum absolute atomic E-state index is 12.6. The summed E-state index contributed by atoms with van der Waals surface area (Å²) < 4.78 is 22.9. The van der Waals surface area contributed by atoms with Crippen molar-refractivity contribution in [3.05, 3.63) is 0 Å². The van der Waals surface area contributed by atoms with Crippen LogP contribution >= 0.6 is 0 Å². The van der Waals surface area contributed by atoms with E-state index in [9.17, 15) is 13.2 Å². The Morgan fingerprint density at radius 2 is 1.71 bits per heavy atom. The lowest BCUT2D eigenvalue weighted by atomic mass is 9.80. The third-order valence-electron chi connectivity index (χ3n) is 4.62. The highest BCUT2D eigenvalue weighted by Gasteiger charge is 2.35. The van der Waals surface area contributed by atoms with E-state index in [4.69, 9.17) is 0 Å². The maximum Gasteiger partial charge on any atom is 0.237 e. The molecule has 0 aliphatic carbocycles. The summed E-state index contributed by atoms with van der Waals surface area (Å²) in [6.07, 6.45) is 3.34. The zero-order valence-corrected chi connectivity index (χ0v) is 14.3. The second-order valence-corrected chi connectivity index (χ2v) is 9.70. The van der Waals surface area contributed by atoms with Gasteiger partial charge >= 0.3 is 0 Å². The summed E-state index contributed by atoms with van der Waals surface area (Å²) in [7, 11) is -2.88. The molecule has 0 N–H and O–H groups in total. The molecular weight excluding hydrogens is 288 g/mol. The van der Waals surface area contributed by atoms with Crippen LogP contribution in [0.15, 0.2) is 0 Å². The Morgan fingerprint density at radius 1 is 1.10 bits per heavy atom. The lowest BCUT2D eigenvalue weighted by Gasteiger charge is -2.44. The van der Waals surface area contributed by atoms with Crippen LogP contribution in [-0.2, 0) is 14.6 Å². The largest absolute Gasteiger partial charge is 0.338 e. The third kappa shape index (κ3) is 4.42. The topological polar surface area (TPSA) is 57.7 Å². The summed E-state index contributed by atoms with van der Waals surface area (Å²) in [5.41, 5.74) is 0.0985. The first-order valence-electron chi connectivity index (χ1n) is 7.91. The summed E-state index contributed by atoms with van der Waals surface area (Å²) in [5, 5.41) is 0. The number of hydrogen-bond donors (Lipinski definition) is 0. The van der Waals surface area contributed by atoms with Gasteiger partial charge < -0.3 is 4.90 Å². The third-order valence-corrected chi connectivity index (χ3v) is 6.23. The SMILES string of the molecule is CC(C)(C)C1CCCCN1C(=O)CN1CCS(=O)(=O)CC1. The summed E-state index contributed by atoms with van der Waals surface area (Å²) in [6, 6.07) is 0.298. The number of nitrogens with zero attached hydrogens (tertiary/aromatic N) is 2. The molecule has 0 spiro atoms. The van der Waals surface area contributed by atoms with Crippen molar-refractivity contribution < 1.29 is 13.2 Å². The van der Waals surface area contributed by atoms with E-state index >= 15 is 0 Å². The Kier molecular flexibility index (Phi) is 4.98. The van der Waals surface area contributed by atoms with E-state index < -0.39 is 9.84 Å². The smallest absolute Gasteiger partial charge is 0.237 e. The number of rotatable bonds is 2. The molecule has 2 rings (SSSR count). The van der Waals surface area contributed by atoms with Crippen LogP contribution in [0.5, 0.6) is 0 Å². The van der Waals surface area contributed by atoms with Gasteiger partial charge in [0.2, 0.25) is 5.91 Å². The van der Waals surface area contributed by atoms with E-state index in [0.29, 0.717) is 25.7 Å². The highest BCUT2D eigenvalue weighted by Crippen LogP contribution is 2.31. The van der Waals surface area contributed by atoms with Crippen LogP contribution in [0.1, 0.15) is 40.0 Å². The van der Waals surface area contributed by atoms with Crippen molar-refractivity contribution in [2.24, 2.45) is 5.41 Å². The lowest BCUT2D eigenvalue weighted by molar-refractivity contribution is -0.138. The zero-order chi connectivity index (χ0) is 15.7. The maximum atomic E-state index is 12.6. The number of amides is 1. The summed E-state index contributed by atoms with van der Waals surface area (Å²) in [4.78, 5) is 16.6. The Balaban J connectivity index is 1.95. The first-order chi connectivity index (χ1) is 9.69. The minimum Gasteiger partial charge on any atom is -0.338 e. The van der Waals surface area contributed by atoms with Gasteiger partial charge in [-0.2, -0.15) is 0 Å². The Labute approximate surface area is 128 Å². The summed E-state index contributed by atoms with van der Waals surface area (Å²) >= 11 is 0. The molecule has 6 heteroatoms. The number of piperidine rings is 1. The summed E-state index contributed by atoms with van der Waals surface area (Å²) in [6.45, 7) is 8.75. The van der Waals surface area contributed by atoms with E-state index in [2.05, 4.69) is 20.8 Å². The van der Waals surface area contributed by atoms with Gasteiger partial charge in [-0.25, -0.2) is 8.42 Å². The molecule has 1 amide bonds. The molecule has 2 heterocycles. The standard InChI is InChI=1S/C15H28N2O3S/c1-15(2,3)13-6-4-5-7-17(13)14(18)12-16-8-10-21(19,20)11-9-16/h13H,4-12H2,1-3H3. The monoisotopic (exact) mass is 316 g/mol. The minimum absolute atomic E-state index is 0.0985. The van der Waals surface area contributed by atoms with E-state index in [1.165, 1.54) is 6.42 Å². The van der Waals surface area contributed by atoms with Crippen LogP contribution in [-0.4, -0.2) is 67.9 Å². The van der Waals surface area contributed by atoms with Gasteiger partial charge in [0.1, 0.15) is 0 Å². The molecule has 1 unspecified atom stereocenters. The van der Waals surface area contributed by atoms with E-state index in [-0.39, 0.29) is 22.8 Å². The Bertz CT molecular complexity index is 468. The number of carbonyl (C=O) groups is 1. The molecule has 2 fully saturated rings. The van der Waals surface area contributed by atoms with Gasteiger partial charge in [0.05, 0.1) is 18.1 Å². The first-order valence-corrected chi connectivity index (χ1v) is 9.73. The second-order valence-electron chi connectivity index (χ2n) is 7.39. The fourth-order valence-electron chi connectivity index (χ4n) is 3.32. The van der Waals surface area contributed by atoms with Crippen molar-refractivity contribution >= 4 is 15.7 Å². The predicted molar refractivity (Wildman–Crippen MR) is 83.9 cm³/mol. The molecule has 2 aliphatic rings.